The highest BCUT2D eigenvalue weighted by atomic mass is 35.5. The van der Waals surface area contributed by atoms with Crippen molar-refractivity contribution in [2.45, 2.75) is 13.0 Å². The summed E-state index contributed by atoms with van der Waals surface area (Å²) in [7, 11) is 1.43. The summed E-state index contributed by atoms with van der Waals surface area (Å²) in [5.74, 6) is 0.146. The Hall–Kier alpha value is -1.87. The lowest BCUT2D eigenvalue weighted by Crippen LogP contribution is -2.42. The van der Waals surface area contributed by atoms with E-state index in [9.17, 15) is 4.79 Å². The third kappa shape index (κ3) is 5.84. The molecule has 2 N–H and O–H groups in total. The Bertz CT molecular complexity index is 838. The van der Waals surface area contributed by atoms with Crippen molar-refractivity contribution in [1.82, 2.24) is 15.3 Å². The van der Waals surface area contributed by atoms with E-state index < -0.39 is 12.0 Å². The first-order valence-electron chi connectivity index (χ1n) is 7.10. The number of benzene rings is 1. The fourth-order valence-corrected chi connectivity index (χ4v) is 2.54. The number of aromatic nitrogens is 2. The summed E-state index contributed by atoms with van der Waals surface area (Å²) < 4.78 is 10.5. The third-order valence-corrected chi connectivity index (χ3v) is 3.84. The van der Waals surface area contributed by atoms with E-state index >= 15 is 0 Å². The van der Waals surface area contributed by atoms with Crippen LogP contribution in [-0.2, 0) is 4.79 Å². The van der Waals surface area contributed by atoms with E-state index in [1.54, 1.807) is 19.1 Å². The van der Waals surface area contributed by atoms with Gasteiger partial charge in [0.25, 0.3) is 5.91 Å². The Morgan fingerprint density at radius 1 is 1.23 bits per heavy atom. The number of ether oxygens (including phenoxy) is 2. The van der Waals surface area contributed by atoms with E-state index in [0.29, 0.717) is 10.8 Å². The van der Waals surface area contributed by atoms with Gasteiger partial charge in [0.15, 0.2) is 11.2 Å². The second kappa shape index (κ2) is 9.18. The normalized spacial score (nSPS) is 11.4. The smallest absolute Gasteiger partial charge is 0.266 e. The minimum atomic E-state index is -0.872. The molecule has 1 atom stereocenters. The van der Waals surface area contributed by atoms with Gasteiger partial charge in [-0.05, 0) is 37.3 Å². The van der Waals surface area contributed by atoms with Gasteiger partial charge in [-0.2, -0.15) is 4.98 Å². The summed E-state index contributed by atoms with van der Waals surface area (Å²) in [6.45, 7) is 1.54. The summed E-state index contributed by atoms with van der Waals surface area (Å²) in [6.07, 6.45) is -0.872. The fraction of sp³-hybridized carbons (Fsp3) is 0.200. The number of carbonyl (C=O) groups is 1. The number of halogens is 3. The summed E-state index contributed by atoms with van der Waals surface area (Å²) in [5, 5.41) is 5.97. The summed E-state index contributed by atoms with van der Waals surface area (Å²) in [6, 6.07) is 6.11. The van der Waals surface area contributed by atoms with Crippen molar-refractivity contribution < 1.29 is 14.3 Å². The zero-order valence-electron chi connectivity index (χ0n) is 13.5. The molecular formula is C15H13Cl3N4O3S. The van der Waals surface area contributed by atoms with Crippen LogP contribution in [0.1, 0.15) is 6.92 Å². The number of hydrogen-bond acceptors (Lipinski definition) is 6. The number of thiocarbonyl (C=S) groups is 1. The van der Waals surface area contributed by atoms with E-state index in [-0.39, 0.29) is 27.1 Å². The van der Waals surface area contributed by atoms with Crippen LogP contribution in [0.3, 0.4) is 0 Å². The number of hydrogen-bond donors (Lipinski definition) is 2. The van der Waals surface area contributed by atoms with Crippen LogP contribution >= 0.6 is 47.0 Å². The number of methoxy groups -OCH3 is 1. The molecule has 1 amide bonds. The Morgan fingerprint density at radius 2 is 1.96 bits per heavy atom. The van der Waals surface area contributed by atoms with Gasteiger partial charge >= 0.3 is 0 Å². The number of anilines is 1. The van der Waals surface area contributed by atoms with Crippen LogP contribution in [0.4, 0.5) is 5.95 Å². The van der Waals surface area contributed by atoms with Crippen molar-refractivity contribution in [3.8, 4) is 11.6 Å². The molecular weight excluding hydrogens is 423 g/mol. The number of amides is 1. The second-order valence-electron chi connectivity index (χ2n) is 4.83. The van der Waals surface area contributed by atoms with Gasteiger partial charge in [-0.3, -0.25) is 10.1 Å². The van der Waals surface area contributed by atoms with Gasteiger partial charge in [0, 0.05) is 11.1 Å². The van der Waals surface area contributed by atoms with E-state index in [1.165, 1.54) is 19.2 Å². The summed E-state index contributed by atoms with van der Waals surface area (Å²) in [5.41, 5.74) is 0. The van der Waals surface area contributed by atoms with Gasteiger partial charge in [-0.25, -0.2) is 4.98 Å². The number of nitrogens with zero attached hydrogens (tertiary/aromatic N) is 2. The fourth-order valence-electron chi connectivity index (χ4n) is 1.72. The predicted octanol–water partition coefficient (Wildman–Crippen LogP) is 3.73. The van der Waals surface area contributed by atoms with E-state index in [1.807, 2.05) is 0 Å². The van der Waals surface area contributed by atoms with Crippen molar-refractivity contribution in [2.75, 3.05) is 12.4 Å². The van der Waals surface area contributed by atoms with Crippen LogP contribution in [0.2, 0.25) is 15.2 Å². The average molecular weight is 436 g/mol. The molecule has 2 aromatic rings. The molecule has 0 unspecified atom stereocenters. The standard InChI is InChI=1S/C15H13Cl3N4O3S/c1-7(25-10-4-3-8(16)5-9(10)17)13(23)21-15(26)22-14-19-11(18)6-12(20-14)24-2/h3-7H,1-2H3,(H2,19,20,21,22,23,26)/t7-/m0/s1. The largest absolute Gasteiger partial charge is 0.481 e. The van der Waals surface area contributed by atoms with E-state index in [2.05, 4.69) is 20.6 Å². The molecule has 26 heavy (non-hydrogen) atoms. The van der Waals surface area contributed by atoms with Crippen LogP contribution in [0.25, 0.3) is 0 Å². The minimum absolute atomic E-state index is 0.0306. The summed E-state index contributed by atoms with van der Waals surface area (Å²) >= 11 is 22.7. The molecule has 2 rings (SSSR count). The quantitative estimate of drug-likeness (QED) is 0.547. The second-order valence-corrected chi connectivity index (χ2v) is 6.47. The first kappa shape index (κ1) is 20.4. The van der Waals surface area contributed by atoms with Crippen molar-refractivity contribution in [3.63, 3.8) is 0 Å². The van der Waals surface area contributed by atoms with Crippen molar-refractivity contribution in [2.24, 2.45) is 0 Å². The van der Waals surface area contributed by atoms with Crippen LogP contribution in [0.15, 0.2) is 24.3 Å². The van der Waals surface area contributed by atoms with Gasteiger partial charge in [-0.15, -0.1) is 0 Å². The number of carbonyl (C=O) groups excluding carboxylic acids is 1. The van der Waals surface area contributed by atoms with Crippen molar-refractivity contribution >= 4 is 64.0 Å². The van der Waals surface area contributed by atoms with Crippen LogP contribution in [0.5, 0.6) is 11.6 Å². The van der Waals surface area contributed by atoms with Crippen LogP contribution < -0.4 is 20.1 Å². The molecule has 0 radical (unpaired) electrons. The van der Waals surface area contributed by atoms with Crippen LogP contribution in [-0.4, -0.2) is 34.2 Å². The Kier molecular flexibility index (Phi) is 7.22. The third-order valence-electron chi connectivity index (χ3n) is 2.91. The number of nitrogens with one attached hydrogen (secondary N) is 2. The molecule has 0 saturated heterocycles. The lowest BCUT2D eigenvalue weighted by Gasteiger charge is -2.16. The molecule has 0 aliphatic carbocycles. The van der Waals surface area contributed by atoms with E-state index in [0.717, 1.165) is 0 Å². The zero-order valence-corrected chi connectivity index (χ0v) is 16.6. The number of rotatable bonds is 5. The minimum Gasteiger partial charge on any atom is -0.481 e. The Morgan fingerprint density at radius 3 is 2.62 bits per heavy atom. The highest BCUT2D eigenvalue weighted by Crippen LogP contribution is 2.28. The summed E-state index contributed by atoms with van der Waals surface area (Å²) in [4.78, 5) is 20.1. The highest BCUT2D eigenvalue weighted by Gasteiger charge is 2.18. The zero-order chi connectivity index (χ0) is 19.3. The predicted molar refractivity (Wildman–Crippen MR) is 105 cm³/mol. The molecule has 0 spiro atoms. The molecule has 0 aliphatic heterocycles. The first-order valence-corrected chi connectivity index (χ1v) is 8.65. The molecule has 0 aliphatic rings. The molecule has 1 heterocycles. The molecule has 138 valence electrons. The van der Waals surface area contributed by atoms with Crippen molar-refractivity contribution in [1.29, 1.82) is 0 Å². The average Bonchev–Trinajstić information content (AvgIpc) is 2.56. The first-order chi connectivity index (χ1) is 12.3. The molecule has 7 nitrogen and oxygen atoms in total. The maximum Gasteiger partial charge on any atom is 0.266 e. The topological polar surface area (TPSA) is 85.4 Å². The van der Waals surface area contributed by atoms with Gasteiger partial charge in [-0.1, -0.05) is 34.8 Å². The lowest BCUT2D eigenvalue weighted by atomic mass is 10.3. The molecule has 1 aromatic carbocycles. The Labute approximate surface area is 170 Å². The van der Waals surface area contributed by atoms with Gasteiger partial charge in [0.05, 0.1) is 12.1 Å². The molecule has 11 heteroatoms. The molecule has 1 aromatic heterocycles. The molecule has 0 fully saturated rings. The van der Waals surface area contributed by atoms with E-state index in [4.69, 9.17) is 56.5 Å². The van der Waals surface area contributed by atoms with Crippen LogP contribution in [0, 0.1) is 0 Å². The monoisotopic (exact) mass is 434 g/mol. The SMILES string of the molecule is COc1cc(Cl)nc(NC(=S)NC(=O)[C@H](C)Oc2ccc(Cl)cc2Cl)n1. The van der Waals surface area contributed by atoms with Crippen molar-refractivity contribution in [3.05, 3.63) is 39.5 Å². The molecule has 0 saturated carbocycles. The highest BCUT2D eigenvalue weighted by molar-refractivity contribution is 7.80. The maximum absolute atomic E-state index is 12.2. The Balaban J connectivity index is 1.95. The van der Waals surface area contributed by atoms with Gasteiger partial charge in [0.1, 0.15) is 10.9 Å². The molecule has 0 bridgehead atoms. The van der Waals surface area contributed by atoms with Gasteiger partial charge in [0.2, 0.25) is 11.8 Å². The maximum atomic E-state index is 12.2. The lowest BCUT2D eigenvalue weighted by molar-refractivity contribution is -0.125. The van der Waals surface area contributed by atoms with Gasteiger partial charge < -0.3 is 14.8 Å².